The molecule has 1 saturated carbocycles. The molecule has 1 aliphatic heterocycles. The van der Waals surface area contributed by atoms with Crippen LogP contribution in [0.15, 0.2) is 0 Å². The van der Waals surface area contributed by atoms with Gasteiger partial charge in [0.1, 0.15) is 0 Å². The Morgan fingerprint density at radius 2 is 2.44 bits per heavy atom. The van der Waals surface area contributed by atoms with Crippen molar-refractivity contribution in [2.75, 3.05) is 0 Å². The normalized spacial score (nSPS) is 36.1. The molecule has 0 aromatic carbocycles. The first-order valence-corrected chi connectivity index (χ1v) is 2.97. The van der Waals surface area contributed by atoms with E-state index >= 15 is 0 Å². The number of cyclic esters (lactones) is 1. The second-order valence-electron chi connectivity index (χ2n) is 2.61. The van der Waals surface area contributed by atoms with Gasteiger partial charge in [-0.25, -0.2) is 4.79 Å². The van der Waals surface area contributed by atoms with Crippen molar-refractivity contribution in [3.05, 3.63) is 0 Å². The minimum absolute atomic E-state index is 0.170. The minimum Gasteiger partial charge on any atom is -0.428 e. The number of rotatable bonds is 0. The van der Waals surface area contributed by atoms with Crippen LogP contribution >= 0.6 is 0 Å². The molecule has 0 radical (unpaired) electrons. The number of ether oxygens (including phenoxy) is 1. The lowest BCUT2D eigenvalue weighted by molar-refractivity contribution is 0.132. The Hall–Kier alpha value is -0.770. The summed E-state index contributed by atoms with van der Waals surface area (Å²) in [5.74, 6) is 0. The molecule has 0 aromatic heterocycles. The van der Waals surface area contributed by atoms with Gasteiger partial charge in [0.25, 0.3) is 0 Å². The molecule has 0 aromatic rings. The Balaban J connectivity index is 2.19. The summed E-state index contributed by atoms with van der Waals surface area (Å²) in [7, 11) is 0. The quantitative estimate of drug-likeness (QED) is 0.464. The first kappa shape index (κ1) is 5.05. The fourth-order valence-electron chi connectivity index (χ4n) is 1.08. The van der Waals surface area contributed by atoms with E-state index in [1.807, 2.05) is 0 Å². The van der Waals surface area contributed by atoms with Gasteiger partial charge in [-0.1, -0.05) is 0 Å². The molecule has 50 valence electrons. The van der Waals surface area contributed by atoms with Crippen molar-refractivity contribution in [1.29, 1.82) is 0 Å². The maximum absolute atomic E-state index is 10.5. The molecule has 2 aliphatic rings. The van der Waals surface area contributed by atoms with Gasteiger partial charge in [0.05, 0.1) is 5.54 Å². The van der Waals surface area contributed by atoms with Crippen molar-refractivity contribution < 1.29 is 9.53 Å². The van der Waals surface area contributed by atoms with Crippen LogP contribution in [0.25, 0.3) is 0 Å². The van der Waals surface area contributed by atoms with E-state index in [-0.39, 0.29) is 11.6 Å². The molecule has 1 atom stereocenters. The van der Waals surface area contributed by atoms with Crippen LogP contribution in [0, 0.1) is 0 Å². The Labute approximate surface area is 52.4 Å². The molecule has 0 bridgehead atoms. The molecule has 4 nitrogen and oxygen atoms in total. The van der Waals surface area contributed by atoms with E-state index in [0.29, 0.717) is 0 Å². The molecule has 9 heavy (non-hydrogen) atoms. The maximum Gasteiger partial charge on any atom is 0.409 e. The topological polar surface area (TPSA) is 64.3 Å². The molecule has 1 spiro atoms. The van der Waals surface area contributed by atoms with E-state index < -0.39 is 6.23 Å². The molecule has 1 unspecified atom stereocenters. The van der Waals surface area contributed by atoms with E-state index in [1.165, 1.54) is 0 Å². The average Bonchev–Trinajstić information content (AvgIpc) is 2.42. The summed E-state index contributed by atoms with van der Waals surface area (Å²) in [6, 6.07) is 0. The van der Waals surface area contributed by atoms with Crippen molar-refractivity contribution in [3.63, 3.8) is 0 Å². The van der Waals surface area contributed by atoms with Gasteiger partial charge in [0, 0.05) is 0 Å². The Morgan fingerprint density at radius 1 is 1.78 bits per heavy atom. The minimum atomic E-state index is -0.412. The molecule has 1 amide bonds. The van der Waals surface area contributed by atoms with Crippen LogP contribution in [0.5, 0.6) is 0 Å². The number of amides is 1. The van der Waals surface area contributed by atoms with Gasteiger partial charge in [0.2, 0.25) is 0 Å². The fourth-order valence-corrected chi connectivity index (χ4v) is 1.08. The fraction of sp³-hybridized carbons (Fsp3) is 0.800. The Kier molecular flexibility index (Phi) is 0.679. The van der Waals surface area contributed by atoms with Gasteiger partial charge in [-0.05, 0) is 12.8 Å². The van der Waals surface area contributed by atoms with E-state index in [2.05, 4.69) is 10.1 Å². The van der Waals surface area contributed by atoms with Crippen molar-refractivity contribution in [2.24, 2.45) is 5.73 Å². The second kappa shape index (κ2) is 1.21. The van der Waals surface area contributed by atoms with Gasteiger partial charge in [-0.3, -0.25) is 5.73 Å². The predicted molar refractivity (Wildman–Crippen MR) is 29.6 cm³/mol. The smallest absolute Gasteiger partial charge is 0.409 e. The zero-order valence-corrected chi connectivity index (χ0v) is 4.89. The van der Waals surface area contributed by atoms with Crippen molar-refractivity contribution in [1.82, 2.24) is 5.32 Å². The third-order valence-corrected chi connectivity index (χ3v) is 1.92. The number of hydrogen-bond acceptors (Lipinski definition) is 3. The van der Waals surface area contributed by atoms with E-state index in [0.717, 1.165) is 12.8 Å². The van der Waals surface area contributed by atoms with Crippen LogP contribution in [-0.2, 0) is 4.74 Å². The number of carbonyl (C=O) groups excluding carboxylic acids is 1. The third kappa shape index (κ3) is 0.535. The monoisotopic (exact) mass is 128 g/mol. The summed E-state index contributed by atoms with van der Waals surface area (Å²) >= 11 is 0. The molecular weight excluding hydrogens is 120 g/mol. The zero-order chi connectivity index (χ0) is 6.48. The van der Waals surface area contributed by atoms with Gasteiger partial charge >= 0.3 is 6.09 Å². The van der Waals surface area contributed by atoms with E-state index in [9.17, 15) is 4.79 Å². The summed E-state index contributed by atoms with van der Waals surface area (Å²) < 4.78 is 4.67. The summed E-state index contributed by atoms with van der Waals surface area (Å²) in [4.78, 5) is 10.5. The van der Waals surface area contributed by atoms with Crippen molar-refractivity contribution in [3.8, 4) is 0 Å². The SMILES string of the molecule is NC1OC(=O)NC12CC2. The number of nitrogens with one attached hydrogen (secondary N) is 1. The number of alkyl carbamates (subject to hydrolysis) is 1. The molecule has 4 heteroatoms. The highest BCUT2D eigenvalue weighted by Gasteiger charge is 2.56. The second-order valence-corrected chi connectivity index (χ2v) is 2.61. The molecule has 1 heterocycles. The number of carbonyl (C=O) groups is 1. The van der Waals surface area contributed by atoms with Gasteiger partial charge in [-0.2, -0.15) is 0 Å². The molecule has 2 fully saturated rings. The lowest BCUT2D eigenvalue weighted by atomic mass is 10.3. The number of nitrogens with two attached hydrogens (primary N) is 1. The van der Waals surface area contributed by atoms with Crippen LogP contribution in [0.3, 0.4) is 0 Å². The zero-order valence-electron chi connectivity index (χ0n) is 4.89. The van der Waals surface area contributed by atoms with Crippen molar-refractivity contribution in [2.45, 2.75) is 24.6 Å². The summed E-state index contributed by atoms with van der Waals surface area (Å²) in [6.45, 7) is 0. The molecule has 2 rings (SSSR count). The highest BCUT2D eigenvalue weighted by Crippen LogP contribution is 2.41. The van der Waals surface area contributed by atoms with Crippen LogP contribution in [0.2, 0.25) is 0 Å². The number of hydrogen-bond donors (Lipinski definition) is 2. The van der Waals surface area contributed by atoms with Crippen LogP contribution in [0.1, 0.15) is 12.8 Å². The summed E-state index contributed by atoms with van der Waals surface area (Å²) in [6.07, 6.45) is 1.13. The van der Waals surface area contributed by atoms with E-state index in [1.54, 1.807) is 0 Å². The molecular formula is C5H8N2O2. The first-order valence-electron chi connectivity index (χ1n) is 2.97. The highest BCUT2D eigenvalue weighted by molar-refractivity contribution is 5.72. The lowest BCUT2D eigenvalue weighted by Crippen LogP contribution is -2.39. The predicted octanol–water partition coefficient (Wildman–Crippen LogP) is -0.456. The summed E-state index contributed by atoms with van der Waals surface area (Å²) in [5, 5.41) is 2.67. The van der Waals surface area contributed by atoms with Crippen molar-refractivity contribution >= 4 is 6.09 Å². The third-order valence-electron chi connectivity index (χ3n) is 1.92. The Bertz CT molecular complexity index is 164. The van der Waals surface area contributed by atoms with Crippen LogP contribution in [-0.4, -0.2) is 17.9 Å². The lowest BCUT2D eigenvalue weighted by Gasteiger charge is -2.07. The first-order chi connectivity index (χ1) is 4.23. The largest absolute Gasteiger partial charge is 0.428 e. The molecule has 1 aliphatic carbocycles. The standard InChI is InChI=1S/C5H8N2O2/c6-3-5(1-2-5)7-4(8)9-3/h3H,1-2,6H2,(H,7,8). The summed E-state index contributed by atoms with van der Waals surface area (Å²) in [5.41, 5.74) is 5.29. The highest BCUT2D eigenvalue weighted by atomic mass is 16.6. The van der Waals surface area contributed by atoms with Crippen LogP contribution < -0.4 is 11.1 Å². The van der Waals surface area contributed by atoms with Gasteiger partial charge < -0.3 is 10.1 Å². The maximum atomic E-state index is 10.5. The molecule has 3 N–H and O–H groups in total. The van der Waals surface area contributed by atoms with Gasteiger partial charge in [0.15, 0.2) is 6.23 Å². The van der Waals surface area contributed by atoms with Crippen LogP contribution in [0.4, 0.5) is 4.79 Å². The van der Waals surface area contributed by atoms with Gasteiger partial charge in [-0.15, -0.1) is 0 Å². The van der Waals surface area contributed by atoms with E-state index in [4.69, 9.17) is 5.73 Å². The Morgan fingerprint density at radius 3 is 2.67 bits per heavy atom. The molecule has 1 saturated heterocycles. The average molecular weight is 128 g/mol.